The van der Waals surface area contributed by atoms with Crippen LogP contribution in [0.5, 0.6) is 5.75 Å². The zero-order valence-electron chi connectivity index (χ0n) is 9.65. The number of amides is 1. The van der Waals surface area contributed by atoms with Crippen LogP contribution < -0.4 is 5.32 Å². The van der Waals surface area contributed by atoms with Gasteiger partial charge in [-0.2, -0.15) is 0 Å². The summed E-state index contributed by atoms with van der Waals surface area (Å²) in [5.74, 6) is -0.0702. The van der Waals surface area contributed by atoms with Crippen molar-refractivity contribution in [3.05, 3.63) is 47.4 Å². The predicted octanol–water partition coefficient (Wildman–Crippen LogP) is 2.85. The number of phenols is 1. The summed E-state index contributed by atoms with van der Waals surface area (Å²) < 4.78 is 5.07. The van der Waals surface area contributed by atoms with Gasteiger partial charge in [-0.05, 0) is 37.6 Å². The van der Waals surface area contributed by atoms with E-state index in [1.165, 1.54) is 6.26 Å². The molecule has 0 spiro atoms. The number of hydrogen-bond donors (Lipinski definition) is 2. The number of carbonyl (C=O) groups excluding carboxylic acids is 1. The van der Waals surface area contributed by atoms with Crippen LogP contribution in [0.1, 0.15) is 21.7 Å². The van der Waals surface area contributed by atoms with Crippen molar-refractivity contribution in [2.75, 3.05) is 5.32 Å². The summed E-state index contributed by atoms with van der Waals surface area (Å²) in [5, 5.41) is 12.3. The molecule has 17 heavy (non-hydrogen) atoms. The molecule has 0 bridgehead atoms. The van der Waals surface area contributed by atoms with Crippen LogP contribution in [-0.2, 0) is 0 Å². The number of aryl methyl sites for hydroxylation is 2. The molecule has 1 aromatic heterocycles. The minimum absolute atomic E-state index is 0.0440. The predicted molar refractivity (Wildman–Crippen MR) is 64.2 cm³/mol. The van der Waals surface area contributed by atoms with E-state index in [1.807, 2.05) is 13.0 Å². The first-order valence-electron chi connectivity index (χ1n) is 5.23. The summed E-state index contributed by atoms with van der Waals surface area (Å²) in [7, 11) is 0. The topological polar surface area (TPSA) is 62.5 Å². The van der Waals surface area contributed by atoms with Crippen molar-refractivity contribution in [3.8, 4) is 5.75 Å². The molecule has 88 valence electrons. The molecular formula is C13H13NO3. The van der Waals surface area contributed by atoms with Gasteiger partial charge in [-0.25, -0.2) is 0 Å². The quantitative estimate of drug-likeness (QED) is 0.781. The molecule has 1 aromatic carbocycles. The average Bonchev–Trinajstić information content (AvgIpc) is 2.68. The first kappa shape index (κ1) is 11.3. The van der Waals surface area contributed by atoms with Crippen molar-refractivity contribution in [2.24, 2.45) is 0 Å². The lowest BCUT2D eigenvalue weighted by molar-refractivity contribution is 0.0995. The van der Waals surface area contributed by atoms with Gasteiger partial charge in [0, 0.05) is 5.56 Å². The van der Waals surface area contributed by atoms with Gasteiger partial charge in [0.1, 0.15) is 5.75 Å². The Morgan fingerprint density at radius 2 is 2.06 bits per heavy atom. The first-order valence-corrected chi connectivity index (χ1v) is 5.23. The first-order chi connectivity index (χ1) is 8.08. The van der Waals surface area contributed by atoms with Gasteiger partial charge in [0.05, 0.1) is 12.0 Å². The van der Waals surface area contributed by atoms with Crippen LogP contribution in [0.3, 0.4) is 0 Å². The summed E-state index contributed by atoms with van der Waals surface area (Å²) in [5.41, 5.74) is 2.06. The molecule has 0 atom stereocenters. The Hall–Kier alpha value is -2.23. The van der Waals surface area contributed by atoms with Crippen molar-refractivity contribution in [3.63, 3.8) is 0 Å². The van der Waals surface area contributed by atoms with Crippen molar-refractivity contribution < 1.29 is 14.3 Å². The van der Waals surface area contributed by atoms with E-state index in [0.29, 0.717) is 5.69 Å². The minimum atomic E-state index is -0.369. The molecule has 1 heterocycles. The van der Waals surface area contributed by atoms with E-state index in [1.54, 1.807) is 25.1 Å². The number of benzene rings is 1. The number of rotatable bonds is 2. The van der Waals surface area contributed by atoms with Crippen LogP contribution in [0.15, 0.2) is 34.9 Å². The normalized spacial score (nSPS) is 10.2. The van der Waals surface area contributed by atoms with Crippen LogP contribution in [0, 0.1) is 13.8 Å². The second kappa shape index (κ2) is 4.33. The Morgan fingerprint density at radius 3 is 2.65 bits per heavy atom. The lowest BCUT2D eigenvalue weighted by Gasteiger charge is -2.06. The molecule has 0 aliphatic carbocycles. The fraction of sp³-hybridized carbons (Fsp3) is 0.154. The van der Waals surface area contributed by atoms with E-state index in [9.17, 15) is 9.90 Å². The van der Waals surface area contributed by atoms with Crippen molar-refractivity contribution in [1.82, 2.24) is 0 Å². The van der Waals surface area contributed by atoms with Gasteiger partial charge >= 0.3 is 0 Å². The molecule has 0 aliphatic rings. The maximum atomic E-state index is 11.8. The Balaban J connectivity index is 2.22. The molecule has 4 heteroatoms. The van der Waals surface area contributed by atoms with Crippen molar-refractivity contribution in [2.45, 2.75) is 13.8 Å². The highest BCUT2D eigenvalue weighted by molar-refractivity contribution is 6.03. The van der Waals surface area contributed by atoms with Crippen molar-refractivity contribution in [1.29, 1.82) is 0 Å². The third-order valence-electron chi connectivity index (χ3n) is 2.47. The Bertz CT molecular complexity index is 558. The summed E-state index contributed by atoms with van der Waals surface area (Å²) in [4.78, 5) is 11.8. The third-order valence-corrected chi connectivity index (χ3v) is 2.47. The number of phenolic OH excluding ortho intramolecular Hbond substituents is 1. The van der Waals surface area contributed by atoms with Gasteiger partial charge < -0.3 is 14.8 Å². The zero-order chi connectivity index (χ0) is 12.4. The number of aromatic hydroxyl groups is 1. The monoisotopic (exact) mass is 231 g/mol. The van der Waals surface area contributed by atoms with Gasteiger partial charge in [0.15, 0.2) is 5.76 Å². The minimum Gasteiger partial charge on any atom is -0.506 e. The van der Waals surface area contributed by atoms with Gasteiger partial charge in [0.2, 0.25) is 0 Å². The summed E-state index contributed by atoms with van der Waals surface area (Å²) in [6.07, 6.45) is 1.46. The van der Waals surface area contributed by atoms with E-state index in [0.717, 1.165) is 11.1 Å². The molecule has 0 fully saturated rings. The molecule has 2 aromatic rings. The molecular weight excluding hydrogens is 218 g/mol. The Morgan fingerprint density at radius 1 is 1.29 bits per heavy atom. The molecule has 1 amide bonds. The van der Waals surface area contributed by atoms with Crippen LogP contribution in [0.4, 0.5) is 5.69 Å². The SMILES string of the molecule is Cc1ccc(NC(=O)c2occc2C)c(O)c1. The molecule has 0 saturated carbocycles. The maximum Gasteiger partial charge on any atom is 0.291 e. The fourth-order valence-electron chi connectivity index (χ4n) is 1.53. The molecule has 0 aliphatic heterocycles. The lowest BCUT2D eigenvalue weighted by atomic mass is 10.2. The number of anilines is 1. The van der Waals surface area contributed by atoms with E-state index in [4.69, 9.17) is 4.42 Å². The highest BCUT2D eigenvalue weighted by Crippen LogP contribution is 2.24. The highest BCUT2D eigenvalue weighted by atomic mass is 16.3. The Labute approximate surface area is 98.9 Å². The summed E-state index contributed by atoms with van der Waals surface area (Å²) >= 11 is 0. The average molecular weight is 231 g/mol. The lowest BCUT2D eigenvalue weighted by Crippen LogP contribution is -2.12. The molecule has 2 rings (SSSR count). The Kier molecular flexibility index (Phi) is 2.87. The van der Waals surface area contributed by atoms with Crippen LogP contribution >= 0.6 is 0 Å². The molecule has 0 saturated heterocycles. The van der Waals surface area contributed by atoms with E-state index < -0.39 is 0 Å². The highest BCUT2D eigenvalue weighted by Gasteiger charge is 2.14. The second-order valence-corrected chi connectivity index (χ2v) is 3.91. The van der Waals surface area contributed by atoms with Crippen LogP contribution in [0.25, 0.3) is 0 Å². The molecule has 0 radical (unpaired) electrons. The van der Waals surface area contributed by atoms with Gasteiger partial charge in [-0.15, -0.1) is 0 Å². The van der Waals surface area contributed by atoms with E-state index in [2.05, 4.69) is 5.32 Å². The second-order valence-electron chi connectivity index (χ2n) is 3.91. The van der Waals surface area contributed by atoms with E-state index in [-0.39, 0.29) is 17.4 Å². The summed E-state index contributed by atoms with van der Waals surface area (Å²) in [6.45, 7) is 3.65. The maximum absolute atomic E-state index is 11.8. The van der Waals surface area contributed by atoms with Crippen molar-refractivity contribution >= 4 is 11.6 Å². The molecule has 2 N–H and O–H groups in total. The largest absolute Gasteiger partial charge is 0.506 e. The number of hydrogen-bond acceptors (Lipinski definition) is 3. The zero-order valence-corrected chi connectivity index (χ0v) is 9.65. The van der Waals surface area contributed by atoms with Crippen LogP contribution in [-0.4, -0.2) is 11.0 Å². The smallest absolute Gasteiger partial charge is 0.291 e. The van der Waals surface area contributed by atoms with E-state index >= 15 is 0 Å². The number of carbonyl (C=O) groups is 1. The summed E-state index contributed by atoms with van der Waals surface area (Å²) in [6, 6.07) is 6.76. The molecule has 0 unspecified atom stereocenters. The fourth-order valence-corrected chi connectivity index (χ4v) is 1.53. The molecule has 4 nitrogen and oxygen atoms in total. The third kappa shape index (κ3) is 2.30. The van der Waals surface area contributed by atoms with Gasteiger partial charge in [-0.1, -0.05) is 6.07 Å². The standard InChI is InChI=1S/C13H13NO3/c1-8-3-4-10(11(15)7-8)14-13(16)12-9(2)5-6-17-12/h3-7,15H,1-2H3,(H,14,16). The number of nitrogens with one attached hydrogen (secondary N) is 1. The van der Waals surface area contributed by atoms with Gasteiger partial charge in [-0.3, -0.25) is 4.79 Å². The van der Waals surface area contributed by atoms with Crippen LogP contribution in [0.2, 0.25) is 0 Å². The van der Waals surface area contributed by atoms with Gasteiger partial charge in [0.25, 0.3) is 5.91 Å². The number of furan rings is 1.